The molecule has 0 aliphatic carbocycles. The van der Waals surface area contributed by atoms with Crippen LogP contribution in [0.2, 0.25) is 5.02 Å². The summed E-state index contributed by atoms with van der Waals surface area (Å²) >= 11 is 6.39. The molecule has 0 spiro atoms. The number of carboxylic acid groups (broad SMARTS) is 1. The van der Waals surface area contributed by atoms with Gasteiger partial charge >= 0.3 is 5.97 Å². The third-order valence-corrected chi connectivity index (χ3v) is 4.47. The molecular formula is C20H14ClN3O3. The Bertz CT molecular complexity index is 1110. The Labute approximate surface area is 159 Å². The van der Waals surface area contributed by atoms with Gasteiger partial charge in [0.25, 0.3) is 0 Å². The van der Waals surface area contributed by atoms with Crippen molar-refractivity contribution in [1.82, 2.24) is 15.0 Å². The second kappa shape index (κ2) is 7.09. The predicted molar refractivity (Wildman–Crippen MR) is 102 cm³/mol. The molecule has 2 aromatic heterocycles. The molecule has 0 saturated carbocycles. The van der Waals surface area contributed by atoms with Crippen LogP contribution in [0.25, 0.3) is 22.0 Å². The van der Waals surface area contributed by atoms with Crippen molar-refractivity contribution in [3.8, 4) is 16.9 Å². The van der Waals surface area contributed by atoms with E-state index in [1.165, 1.54) is 6.20 Å². The average molecular weight is 380 g/mol. The first kappa shape index (κ1) is 17.1. The Morgan fingerprint density at radius 1 is 1.15 bits per heavy atom. The first-order chi connectivity index (χ1) is 13.1. The molecule has 0 unspecified atom stereocenters. The lowest BCUT2D eigenvalue weighted by Crippen LogP contribution is -2.00. The molecule has 0 radical (unpaired) electrons. The number of ether oxygens (including phenoxy) is 1. The van der Waals surface area contributed by atoms with Gasteiger partial charge in [-0.3, -0.25) is 0 Å². The number of carboxylic acids is 1. The number of aromatic amines is 1. The van der Waals surface area contributed by atoms with E-state index in [0.29, 0.717) is 27.5 Å². The van der Waals surface area contributed by atoms with Gasteiger partial charge in [-0.15, -0.1) is 0 Å². The van der Waals surface area contributed by atoms with E-state index in [0.717, 1.165) is 11.1 Å². The zero-order chi connectivity index (χ0) is 18.8. The first-order valence-electron chi connectivity index (χ1n) is 8.15. The molecule has 0 aliphatic heterocycles. The number of carbonyl (C=O) groups is 1. The molecule has 6 nitrogen and oxygen atoms in total. The van der Waals surface area contributed by atoms with Crippen LogP contribution in [-0.2, 0) is 6.61 Å². The van der Waals surface area contributed by atoms with E-state index >= 15 is 0 Å². The van der Waals surface area contributed by atoms with E-state index in [1.54, 1.807) is 30.6 Å². The maximum absolute atomic E-state index is 11.4. The number of hydrogen-bond acceptors (Lipinski definition) is 4. The van der Waals surface area contributed by atoms with Gasteiger partial charge in [-0.05, 0) is 35.9 Å². The zero-order valence-corrected chi connectivity index (χ0v) is 14.8. The highest BCUT2D eigenvalue weighted by molar-refractivity contribution is 6.34. The maximum Gasteiger partial charge on any atom is 0.337 e. The highest BCUT2D eigenvalue weighted by atomic mass is 35.5. The minimum atomic E-state index is -0.985. The van der Waals surface area contributed by atoms with E-state index in [-0.39, 0.29) is 12.2 Å². The fourth-order valence-electron chi connectivity index (χ4n) is 2.82. The van der Waals surface area contributed by atoms with Crippen molar-refractivity contribution in [3.05, 3.63) is 77.5 Å². The van der Waals surface area contributed by atoms with Crippen molar-refractivity contribution in [2.45, 2.75) is 6.61 Å². The maximum atomic E-state index is 11.4. The number of halogens is 1. The molecule has 2 heterocycles. The number of fused-ring (bicyclic) bond motifs is 1. The number of H-pyrrole nitrogens is 1. The third kappa shape index (κ3) is 3.47. The summed E-state index contributed by atoms with van der Waals surface area (Å²) in [6.07, 6.45) is 4.80. The molecule has 4 aromatic rings. The van der Waals surface area contributed by atoms with Gasteiger partial charge in [0, 0.05) is 35.1 Å². The molecular weight excluding hydrogens is 366 g/mol. The summed E-state index contributed by atoms with van der Waals surface area (Å²) < 4.78 is 5.68. The van der Waals surface area contributed by atoms with Crippen LogP contribution in [-0.4, -0.2) is 26.0 Å². The van der Waals surface area contributed by atoms with Crippen LogP contribution in [0.4, 0.5) is 0 Å². The fourth-order valence-corrected chi connectivity index (χ4v) is 3.10. The number of benzene rings is 2. The number of rotatable bonds is 5. The molecule has 0 atom stereocenters. The van der Waals surface area contributed by atoms with Crippen molar-refractivity contribution >= 4 is 28.5 Å². The molecule has 134 valence electrons. The van der Waals surface area contributed by atoms with Crippen LogP contribution in [0.3, 0.4) is 0 Å². The van der Waals surface area contributed by atoms with Gasteiger partial charge in [0.05, 0.1) is 10.6 Å². The second-order valence-electron chi connectivity index (χ2n) is 5.86. The smallest absolute Gasteiger partial charge is 0.337 e. The molecule has 0 saturated heterocycles. The van der Waals surface area contributed by atoms with Crippen molar-refractivity contribution in [2.24, 2.45) is 0 Å². The lowest BCUT2D eigenvalue weighted by atomic mass is 10.0. The average Bonchev–Trinajstić information content (AvgIpc) is 3.10. The molecule has 0 fully saturated rings. The Kier molecular flexibility index (Phi) is 4.48. The molecule has 2 N–H and O–H groups in total. The predicted octanol–water partition coefficient (Wildman–Crippen LogP) is 4.56. The Morgan fingerprint density at radius 3 is 2.59 bits per heavy atom. The molecule has 0 aliphatic rings. The summed E-state index contributed by atoms with van der Waals surface area (Å²) in [5.74, 6) is 0.293. The van der Waals surface area contributed by atoms with E-state index < -0.39 is 5.97 Å². The van der Waals surface area contributed by atoms with Gasteiger partial charge in [-0.2, -0.15) is 0 Å². The topological polar surface area (TPSA) is 88.1 Å². The van der Waals surface area contributed by atoms with Gasteiger partial charge in [0.2, 0.25) is 0 Å². The number of aromatic carboxylic acids is 1. The van der Waals surface area contributed by atoms with E-state index in [9.17, 15) is 9.90 Å². The van der Waals surface area contributed by atoms with Gasteiger partial charge in [0.15, 0.2) is 5.82 Å². The number of aromatic nitrogens is 3. The molecule has 7 heteroatoms. The van der Waals surface area contributed by atoms with Crippen molar-refractivity contribution < 1.29 is 14.6 Å². The Morgan fingerprint density at radius 2 is 1.89 bits per heavy atom. The van der Waals surface area contributed by atoms with Crippen molar-refractivity contribution in [1.29, 1.82) is 0 Å². The van der Waals surface area contributed by atoms with Gasteiger partial charge in [-0.1, -0.05) is 23.7 Å². The summed E-state index contributed by atoms with van der Waals surface area (Å²) in [5, 5.41) is 10.5. The Hall–Kier alpha value is -3.38. The fraction of sp³-hybridized carbons (Fsp3) is 0.0500. The second-order valence-corrected chi connectivity index (χ2v) is 6.27. The van der Waals surface area contributed by atoms with E-state index in [1.807, 2.05) is 24.3 Å². The summed E-state index contributed by atoms with van der Waals surface area (Å²) in [6.45, 7) is 0.276. The SMILES string of the molecule is O=C(O)c1c[nH]c2cc(Cl)c(-c3ccc(OCc4ncccn4)cc3)cc12. The van der Waals surface area contributed by atoms with Gasteiger partial charge in [-0.25, -0.2) is 14.8 Å². The molecule has 0 amide bonds. The van der Waals surface area contributed by atoms with Crippen molar-refractivity contribution in [3.63, 3.8) is 0 Å². The van der Waals surface area contributed by atoms with Crippen LogP contribution in [0.15, 0.2) is 61.1 Å². The summed E-state index contributed by atoms with van der Waals surface area (Å²) in [4.78, 5) is 22.5. The summed E-state index contributed by atoms with van der Waals surface area (Å²) in [5.41, 5.74) is 2.52. The highest BCUT2D eigenvalue weighted by Crippen LogP contribution is 2.34. The standard InChI is InChI=1S/C20H14ClN3O3/c21-17-9-18-15(16(10-24-18)20(25)26)8-14(17)12-2-4-13(5-3-12)27-11-19-22-6-1-7-23-19/h1-10,24H,11H2,(H,25,26). The lowest BCUT2D eigenvalue weighted by molar-refractivity contribution is 0.0699. The molecule has 2 aromatic carbocycles. The highest BCUT2D eigenvalue weighted by Gasteiger charge is 2.14. The lowest BCUT2D eigenvalue weighted by Gasteiger charge is -2.08. The quantitative estimate of drug-likeness (QED) is 0.531. The van der Waals surface area contributed by atoms with Crippen LogP contribution >= 0.6 is 11.6 Å². The number of nitrogens with zero attached hydrogens (tertiary/aromatic N) is 2. The van der Waals surface area contributed by atoms with Gasteiger partial charge in [0.1, 0.15) is 12.4 Å². The van der Waals surface area contributed by atoms with Crippen LogP contribution < -0.4 is 4.74 Å². The number of hydrogen-bond donors (Lipinski definition) is 2. The van der Waals surface area contributed by atoms with Crippen LogP contribution in [0.1, 0.15) is 16.2 Å². The zero-order valence-electron chi connectivity index (χ0n) is 14.0. The molecule has 4 rings (SSSR count). The number of nitrogens with one attached hydrogen (secondary N) is 1. The third-order valence-electron chi connectivity index (χ3n) is 4.15. The monoisotopic (exact) mass is 379 g/mol. The minimum Gasteiger partial charge on any atom is -0.486 e. The van der Waals surface area contributed by atoms with Crippen molar-refractivity contribution in [2.75, 3.05) is 0 Å². The van der Waals surface area contributed by atoms with E-state index in [4.69, 9.17) is 16.3 Å². The minimum absolute atomic E-state index is 0.214. The normalized spacial score (nSPS) is 10.9. The van der Waals surface area contributed by atoms with Gasteiger partial charge < -0.3 is 14.8 Å². The van der Waals surface area contributed by atoms with E-state index in [2.05, 4.69) is 15.0 Å². The summed E-state index contributed by atoms with van der Waals surface area (Å²) in [7, 11) is 0. The largest absolute Gasteiger partial charge is 0.486 e. The van der Waals surface area contributed by atoms with Crippen LogP contribution in [0, 0.1) is 0 Å². The molecule has 0 bridgehead atoms. The Balaban J connectivity index is 1.60. The molecule has 27 heavy (non-hydrogen) atoms. The van der Waals surface area contributed by atoms with Crippen LogP contribution in [0.5, 0.6) is 5.75 Å². The summed E-state index contributed by atoms with van der Waals surface area (Å²) in [6, 6.07) is 12.7. The first-order valence-corrected chi connectivity index (χ1v) is 8.52.